The second-order valence-electron chi connectivity index (χ2n) is 7.57. The molecule has 1 unspecified atom stereocenters. The van der Waals surface area contributed by atoms with Crippen LogP contribution < -0.4 is 10.6 Å². The topological polar surface area (TPSA) is 82.1 Å². The van der Waals surface area contributed by atoms with E-state index in [0.29, 0.717) is 25.2 Å². The lowest BCUT2D eigenvalue weighted by Crippen LogP contribution is -2.38. The Kier molecular flexibility index (Phi) is 9.90. The molecule has 1 atom stereocenters. The number of carbonyl (C=O) groups excluding carboxylic acids is 1. The molecule has 31 heavy (non-hydrogen) atoms. The Morgan fingerprint density at radius 1 is 1.29 bits per heavy atom. The van der Waals surface area contributed by atoms with E-state index in [9.17, 15) is 4.79 Å². The van der Waals surface area contributed by atoms with Crippen LogP contribution in [-0.2, 0) is 17.8 Å². The highest BCUT2D eigenvalue weighted by atomic mass is 32.1. The Morgan fingerprint density at radius 2 is 2.06 bits per heavy atom. The average Bonchev–Trinajstić information content (AvgIpc) is 3.22. The highest BCUT2D eigenvalue weighted by Gasteiger charge is 2.13. The molecule has 0 saturated heterocycles. The lowest BCUT2D eigenvalue weighted by Gasteiger charge is -2.21. The molecule has 0 aliphatic carbocycles. The van der Waals surface area contributed by atoms with Crippen molar-refractivity contribution in [3.63, 3.8) is 0 Å². The quantitative estimate of drug-likeness (QED) is 0.431. The third-order valence-electron chi connectivity index (χ3n) is 4.73. The lowest BCUT2D eigenvalue weighted by atomic mass is 10.1. The van der Waals surface area contributed by atoms with Crippen molar-refractivity contribution >= 4 is 23.2 Å². The number of benzene rings is 1. The SMILES string of the molecule is CN=C(NCc1cccc(C(=O)NCCN(C)C)c1)N(C)Cc1csc(C(C)OC)n1. The summed E-state index contributed by atoms with van der Waals surface area (Å²) in [4.78, 5) is 25.4. The van der Waals surface area contributed by atoms with E-state index in [0.717, 1.165) is 28.8 Å². The van der Waals surface area contributed by atoms with E-state index in [2.05, 4.69) is 20.6 Å². The average molecular weight is 447 g/mol. The molecule has 0 aliphatic rings. The zero-order chi connectivity index (χ0) is 22.8. The van der Waals surface area contributed by atoms with Crippen LogP contribution in [0.15, 0.2) is 34.6 Å². The number of thiazole rings is 1. The number of carbonyl (C=O) groups is 1. The standard InChI is InChI=1S/C22H34N6O2S/c1-16(30-6)21-26-19(15-31-21)14-28(5)22(23-2)25-13-17-8-7-9-18(12-17)20(29)24-10-11-27(3)4/h7-9,12,15-16H,10-11,13-14H2,1-6H3,(H,23,25)(H,24,29). The van der Waals surface area contributed by atoms with Crippen LogP contribution in [0.2, 0.25) is 0 Å². The maximum Gasteiger partial charge on any atom is 0.251 e. The van der Waals surface area contributed by atoms with Crippen molar-refractivity contribution in [3.05, 3.63) is 51.5 Å². The van der Waals surface area contributed by atoms with Gasteiger partial charge in [0.2, 0.25) is 0 Å². The fourth-order valence-corrected chi connectivity index (χ4v) is 3.73. The molecule has 0 spiro atoms. The summed E-state index contributed by atoms with van der Waals surface area (Å²) < 4.78 is 5.34. The van der Waals surface area contributed by atoms with E-state index in [4.69, 9.17) is 4.74 Å². The van der Waals surface area contributed by atoms with E-state index in [1.165, 1.54) is 0 Å². The number of aromatic nitrogens is 1. The van der Waals surface area contributed by atoms with Crippen LogP contribution >= 0.6 is 11.3 Å². The van der Waals surface area contributed by atoms with Crippen LogP contribution in [-0.4, -0.2) is 75.0 Å². The molecule has 0 saturated carbocycles. The number of rotatable bonds is 10. The maximum absolute atomic E-state index is 12.4. The summed E-state index contributed by atoms with van der Waals surface area (Å²) >= 11 is 1.60. The molecule has 8 nitrogen and oxygen atoms in total. The van der Waals surface area contributed by atoms with Crippen molar-refractivity contribution in [1.82, 2.24) is 25.4 Å². The summed E-state index contributed by atoms with van der Waals surface area (Å²) in [6, 6.07) is 7.63. The molecule has 0 radical (unpaired) electrons. The van der Waals surface area contributed by atoms with Crippen LogP contribution in [0.25, 0.3) is 0 Å². The van der Waals surface area contributed by atoms with Gasteiger partial charge in [-0.3, -0.25) is 9.79 Å². The third-order valence-corrected chi connectivity index (χ3v) is 5.78. The van der Waals surface area contributed by atoms with Crippen LogP contribution in [0, 0.1) is 0 Å². The van der Waals surface area contributed by atoms with E-state index in [-0.39, 0.29) is 12.0 Å². The summed E-state index contributed by atoms with van der Waals surface area (Å²) in [5.74, 6) is 0.699. The number of nitrogens with zero attached hydrogens (tertiary/aromatic N) is 4. The van der Waals surface area contributed by atoms with Gasteiger partial charge in [0, 0.05) is 51.8 Å². The van der Waals surface area contributed by atoms with Crippen molar-refractivity contribution in [1.29, 1.82) is 0 Å². The molecule has 0 aliphatic heterocycles. The molecule has 2 rings (SSSR count). The van der Waals surface area contributed by atoms with Gasteiger partial charge >= 0.3 is 0 Å². The molecule has 1 heterocycles. The van der Waals surface area contributed by atoms with E-state index < -0.39 is 0 Å². The summed E-state index contributed by atoms with van der Waals surface area (Å²) in [5.41, 5.74) is 2.65. The number of hydrogen-bond donors (Lipinski definition) is 2. The summed E-state index contributed by atoms with van der Waals surface area (Å²) in [5, 5.41) is 9.32. The van der Waals surface area contributed by atoms with Crippen LogP contribution in [0.1, 0.15) is 39.7 Å². The Labute approximate surface area is 189 Å². The molecule has 0 fully saturated rings. The predicted molar refractivity (Wildman–Crippen MR) is 127 cm³/mol. The Bertz CT molecular complexity index is 867. The summed E-state index contributed by atoms with van der Waals surface area (Å²) in [7, 11) is 9.38. The first-order valence-corrected chi connectivity index (χ1v) is 11.1. The van der Waals surface area contributed by atoms with Gasteiger partial charge in [-0.1, -0.05) is 12.1 Å². The minimum absolute atomic E-state index is 0.00569. The number of hydrogen-bond acceptors (Lipinski definition) is 6. The van der Waals surface area contributed by atoms with Crippen molar-refractivity contribution in [2.45, 2.75) is 26.1 Å². The summed E-state index contributed by atoms with van der Waals surface area (Å²) in [6.45, 7) is 4.62. The number of guanidine groups is 1. The molecule has 1 amide bonds. The van der Waals surface area contributed by atoms with Crippen LogP contribution in [0.4, 0.5) is 0 Å². The van der Waals surface area contributed by atoms with Gasteiger partial charge in [0.25, 0.3) is 5.91 Å². The van der Waals surface area contributed by atoms with Gasteiger partial charge in [-0.25, -0.2) is 4.98 Å². The first kappa shape index (κ1) is 24.8. The molecule has 0 bridgehead atoms. The Balaban J connectivity index is 1.91. The monoisotopic (exact) mass is 446 g/mol. The van der Waals surface area contributed by atoms with Gasteiger partial charge in [-0.2, -0.15) is 0 Å². The zero-order valence-corrected chi connectivity index (χ0v) is 20.1. The van der Waals surface area contributed by atoms with Crippen molar-refractivity contribution < 1.29 is 9.53 Å². The third kappa shape index (κ3) is 7.93. The molecule has 9 heteroatoms. The van der Waals surface area contributed by atoms with Gasteiger partial charge in [0.05, 0.1) is 12.2 Å². The van der Waals surface area contributed by atoms with E-state index >= 15 is 0 Å². The molecule has 1 aromatic carbocycles. The lowest BCUT2D eigenvalue weighted by molar-refractivity contribution is 0.0951. The molecule has 1 aromatic heterocycles. The minimum atomic E-state index is -0.0603. The predicted octanol–water partition coefficient (Wildman–Crippen LogP) is 2.35. The van der Waals surface area contributed by atoms with Gasteiger partial charge in [-0.15, -0.1) is 11.3 Å². The van der Waals surface area contributed by atoms with Gasteiger partial charge in [0.15, 0.2) is 5.96 Å². The normalized spacial score (nSPS) is 12.7. The number of nitrogens with one attached hydrogen (secondary N) is 2. The highest BCUT2D eigenvalue weighted by molar-refractivity contribution is 7.09. The molecular weight excluding hydrogens is 412 g/mol. The smallest absolute Gasteiger partial charge is 0.251 e. The van der Waals surface area contributed by atoms with Crippen LogP contribution in [0.5, 0.6) is 0 Å². The fourth-order valence-electron chi connectivity index (χ4n) is 2.88. The van der Waals surface area contributed by atoms with Crippen molar-refractivity contribution in [3.8, 4) is 0 Å². The number of methoxy groups -OCH3 is 1. The van der Waals surface area contributed by atoms with Gasteiger partial charge < -0.3 is 25.2 Å². The van der Waals surface area contributed by atoms with Crippen LogP contribution in [0.3, 0.4) is 0 Å². The second-order valence-corrected chi connectivity index (χ2v) is 8.46. The Morgan fingerprint density at radius 3 is 2.74 bits per heavy atom. The Hall–Kier alpha value is -2.49. The summed E-state index contributed by atoms with van der Waals surface area (Å²) in [6.07, 6.45) is -0.00569. The van der Waals surface area contributed by atoms with E-state index in [1.54, 1.807) is 25.5 Å². The zero-order valence-electron chi connectivity index (χ0n) is 19.3. The maximum atomic E-state index is 12.4. The van der Waals surface area contributed by atoms with Crippen molar-refractivity contribution in [2.75, 3.05) is 48.4 Å². The molecule has 170 valence electrons. The molecule has 2 aromatic rings. The first-order chi connectivity index (χ1) is 14.8. The number of likely N-dealkylation sites (N-methyl/N-ethyl adjacent to an activating group) is 1. The van der Waals surface area contributed by atoms with Gasteiger partial charge in [-0.05, 0) is 38.7 Å². The van der Waals surface area contributed by atoms with Crippen molar-refractivity contribution in [2.24, 2.45) is 4.99 Å². The second kappa shape index (κ2) is 12.4. The molecule has 2 N–H and O–H groups in total. The first-order valence-electron chi connectivity index (χ1n) is 10.2. The number of ether oxygens (including phenoxy) is 1. The largest absolute Gasteiger partial charge is 0.375 e. The minimum Gasteiger partial charge on any atom is -0.375 e. The number of aliphatic imine (C=N–C) groups is 1. The number of amides is 1. The highest BCUT2D eigenvalue weighted by Crippen LogP contribution is 2.20. The van der Waals surface area contributed by atoms with E-state index in [1.807, 2.05) is 67.5 Å². The fraction of sp³-hybridized carbons (Fsp3) is 0.500. The van der Waals surface area contributed by atoms with Gasteiger partial charge in [0.1, 0.15) is 11.1 Å². The molecular formula is C22H34N6O2S.